The lowest BCUT2D eigenvalue weighted by molar-refractivity contribution is 1.53. The fourth-order valence-corrected chi connectivity index (χ4v) is 1.90. The highest BCUT2D eigenvalue weighted by Crippen LogP contribution is 2.30. The van der Waals surface area contributed by atoms with E-state index in [2.05, 4.69) is 25.8 Å². The van der Waals surface area contributed by atoms with Crippen molar-refractivity contribution in [3.8, 4) is 6.07 Å². The van der Waals surface area contributed by atoms with Crippen molar-refractivity contribution in [3.05, 3.63) is 35.0 Å². The average molecular weight is 193 g/mol. The van der Waals surface area contributed by atoms with Gasteiger partial charge >= 0.3 is 0 Å². The van der Waals surface area contributed by atoms with E-state index in [0.717, 1.165) is 10.4 Å². The maximum atomic E-state index is 8.61. The van der Waals surface area contributed by atoms with Crippen LogP contribution in [0.25, 0.3) is 10.5 Å². The highest BCUT2D eigenvalue weighted by Gasteiger charge is 2.07. The van der Waals surface area contributed by atoms with E-state index in [9.17, 15) is 0 Å². The van der Waals surface area contributed by atoms with Gasteiger partial charge in [-0.2, -0.15) is 5.26 Å². The average Bonchev–Trinajstić information content (AvgIpc) is 2.50. The zero-order valence-electron chi connectivity index (χ0n) is 6.37. The van der Waals surface area contributed by atoms with Gasteiger partial charge in [-0.05, 0) is 11.4 Å². The lowest BCUT2D eigenvalue weighted by Gasteiger charge is -1.97. The summed E-state index contributed by atoms with van der Waals surface area (Å²) in [5, 5.41) is 10.5. The van der Waals surface area contributed by atoms with Crippen LogP contribution in [-0.4, -0.2) is 0 Å². The van der Waals surface area contributed by atoms with Crippen molar-refractivity contribution in [2.24, 2.45) is 0 Å². The van der Waals surface area contributed by atoms with Gasteiger partial charge in [-0.1, -0.05) is 13.2 Å². The van der Waals surface area contributed by atoms with Crippen LogP contribution in [0.2, 0.25) is 0 Å². The van der Waals surface area contributed by atoms with Crippen LogP contribution in [0, 0.1) is 11.3 Å². The Hall–Kier alpha value is -0.980. The zero-order chi connectivity index (χ0) is 9.14. The Morgan fingerprint density at radius 1 is 1.58 bits per heavy atom. The summed E-state index contributed by atoms with van der Waals surface area (Å²) in [5.74, 6) is 0. The number of allylic oxidation sites excluding steroid dienone is 1. The molecule has 0 saturated carbocycles. The van der Waals surface area contributed by atoms with E-state index in [0.29, 0.717) is 10.5 Å². The molecular weight excluding hydrogens is 186 g/mol. The van der Waals surface area contributed by atoms with Gasteiger partial charge in [0.25, 0.3) is 0 Å². The van der Waals surface area contributed by atoms with Crippen LogP contribution in [0.5, 0.6) is 0 Å². The van der Waals surface area contributed by atoms with Gasteiger partial charge in [0.15, 0.2) is 0 Å². The molecule has 3 heteroatoms. The minimum absolute atomic E-state index is 0.460. The maximum Gasteiger partial charge on any atom is 0.0992 e. The van der Waals surface area contributed by atoms with Gasteiger partial charge in [0.2, 0.25) is 0 Å². The van der Waals surface area contributed by atoms with Crippen molar-refractivity contribution in [2.75, 3.05) is 0 Å². The van der Waals surface area contributed by atoms with Gasteiger partial charge in [-0.15, -0.1) is 24.0 Å². The van der Waals surface area contributed by atoms with Crippen LogP contribution in [0.4, 0.5) is 0 Å². The van der Waals surface area contributed by atoms with Crippen molar-refractivity contribution < 1.29 is 0 Å². The number of rotatable bonds is 2. The zero-order valence-corrected chi connectivity index (χ0v) is 8.08. The summed E-state index contributed by atoms with van der Waals surface area (Å²) in [6, 6.07) is 3.85. The Bertz CT molecular complexity index is 368. The first-order valence-electron chi connectivity index (χ1n) is 3.22. The molecule has 1 aromatic rings. The van der Waals surface area contributed by atoms with E-state index < -0.39 is 0 Å². The Morgan fingerprint density at radius 2 is 2.25 bits per heavy atom. The Morgan fingerprint density at radius 3 is 2.75 bits per heavy atom. The minimum Gasteiger partial charge on any atom is -0.192 e. The van der Waals surface area contributed by atoms with Gasteiger partial charge in [0.05, 0.1) is 11.6 Å². The Balaban J connectivity index is 3.18. The van der Waals surface area contributed by atoms with Gasteiger partial charge in [0, 0.05) is 15.3 Å². The van der Waals surface area contributed by atoms with Crippen LogP contribution in [0.3, 0.4) is 0 Å². The molecule has 60 valence electrons. The second-order valence-corrected chi connectivity index (χ2v) is 3.66. The fraction of sp³-hybridized carbons (Fsp3) is 0. The molecule has 0 aliphatic heterocycles. The quantitative estimate of drug-likeness (QED) is 0.566. The molecule has 0 unspecified atom stereocenters. The number of thiol groups is 1. The molecule has 0 amide bonds. The van der Waals surface area contributed by atoms with Crippen molar-refractivity contribution in [1.29, 1.82) is 5.26 Å². The van der Waals surface area contributed by atoms with Crippen LogP contribution in [0.1, 0.15) is 10.4 Å². The minimum atomic E-state index is 0.460. The molecule has 0 fully saturated rings. The number of hydrogen-bond acceptors (Lipinski definition) is 3. The van der Waals surface area contributed by atoms with Gasteiger partial charge in [-0.25, -0.2) is 0 Å². The molecule has 0 N–H and O–H groups in total. The molecule has 0 spiro atoms. The van der Waals surface area contributed by atoms with E-state index in [-0.39, 0.29) is 0 Å². The SMILES string of the molecule is C=C(C#N)c1ccsc1C(=C)S. The first-order chi connectivity index (χ1) is 5.66. The standard InChI is InChI=1S/C9H7NS2/c1-6(5-10)8-3-4-12-9(8)7(2)11/h3-4,11H,1-2H2. The molecule has 1 heterocycles. The summed E-state index contributed by atoms with van der Waals surface area (Å²) in [6.45, 7) is 7.33. The van der Waals surface area contributed by atoms with Gasteiger partial charge in [0.1, 0.15) is 0 Å². The van der Waals surface area contributed by atoms with Crippen molar-refractivity contribution in [3.63, 3.8) is 0 Å². The largest absolute Gasteiger partial charge is 0.192 e. The molecule has 0 saturated heterocycles. The molecule has 0 atom stereocenters. The predicted octanol–water partition coefficient (Wildman–Crippen LogP) is 3.19. The van der Waals surface area contributed by atoms with E-state index in [4.69, 9.17) is 5.26 Å². The third kappa shape index (κ3) is 1.60. The van der Waals surface area contributed by atoms with Crippen molar-refractivity contribution in [1.82, 2.24) is 0 Å². The van der Waals surface area contributed by atoms with E-state index in [1.54, 1.807) is 0 Å². The summed E-state index contributed by atoms with van der Waals surface area (Å²) in [7, 11) is 0. The first-order valence-corrected chi connectivity index (χ1v) is 4.54. The summed E-state index contributed by atoms with van der Waals surface area (Å²) in [5.41, 5.74) is 1.30. The molecule has 12 heavy (non-hydrogen) atoms. The van der Waals surface area contributed by atoms with Crippen molar-refractivity contribution in [2.45, 2.75) is 0 Å². The topological polar surface area (TPSA) is 23.8 Å². The van der Waals surface area contributed by atoms with E-state index in [1.807, 2.05) is 17.5 Å². The van der Waals surface area contributed by atoms with Crippen molar-refractivity contribution >= 4 is 34.4 Å². The Kier molecular flexibility index (Phi) is 2.74. The van der Waals surface area contributed by atoms with Crippen LogP contribution in [-0.2, 0) is 0 Å². The Labute approximate surface area is 81.1 Å². The highest BCUT2D eigenvalue weighted by atomic mass is 32.1. The molecule has 0 aliphatic carbocycles. The molecular formula is C9H7NS2. The first kappa shape index (κ1) is 9.11. The summed E-state index contributed by atoms with van der Waals surface area (Å²) < 4.78 is 0. The molecule has 1 nitrogen and oxygen atoms in total. The summed E-state index contributed by atoms with van der Waals surface area (Å²) in [4.78, 5) is 1.60. The number of thiophene rings is 1. The molecule has 0 radical (unpaired) electrons. The normalized spacial score (nSPS) is 9.00. The van der Waals surface area contributed by atoms with E-state index >= 15 is 0 Å². The number of nitrogens with zero attached hydrogens (tertiary/aromatic N) is 1. The van der Waals surface area contributed by atoms with Gasteiger partial charge in [-0.3, -0.25) is 0 Å². The monoisotopic (exact) mass is 193 g/mol. The second-order valence-electron chi connectivity index (χ2n) is 2.20. The molecule has 1 aromatic heterocycles. The maximum absolute atomic E-state index is 8.61. The van der Waals surface area contributed by atoms with Crippen LogP contribution >= 0.6 is 24.0 Å². The van der Waals surface area contributed by atoms with Crippen LogP contribution < -0.4 is 0 Å². The molecule has 1 rings (SSSR count). The third-order valence-corrected chi connectivity index (χ3v) is 2.74. The fourth-order valence-electron chi connectivity index (χ4n) is 0.831. The van der Waals surface area contributed by atoms with Crippen LogP contribution in [0.15, 0.2) is 24.6 Å². The lowest BCUT2D eigenvalue weighted by Crippen LogP contribution is -1.79. The predicted molar refractivity (Wildman–Crippen MR) is 57.0 cm³/mol. The smallest absolute Gasteiger partial charge is 0.0992 e. The number of nitriles is 1. The van der Waals surface area contributed by atoms with Gasteiger partial charge < -0.3 is 0 Å². The third-order valence-electron chi connectivity index (χ3n) is 1.39. The summed E-state index contributed by atoms with van der Waals surface area (Å²) in [6.07, 6.45) is 0. The molecule has 0 aliphatic rings. The second kappa shape index (κ2) is 3.61. The van der Waals surface area contributed by atoms with E-state index in [1.165, 1.54) is 11.3 Å². The lowest BCUT2D eigenvalue weighted by atomic mass is 10.1. The molecule has 0 bridgehead atoms. The summed E-state index contributed by atoms with van der Waals surface area (Å²) >= 11 is 5.64. The highest BCUT2D eigenvalue weighted by molar-refractivity contribution is 7.90. The number of hydrogen-bond donors (Lipinski definition) is 1. The molecule has 0 aromatic carbocycles.